The van der Waals surface area contributed by atoms with Gasteiger partial charge in [0.2, 0.25) is 5.91 Å². The average Bonchev–Trinajstić information content (AvgIpc) is 2.88. The van der Waals surface area contributed by atoms with Gasteiger partial charge in [0, 0.05) is 24.1 Å². The second-order valence-electron chi connectivity index (χ2n) is 8.22. The number of ether oxygens (including phenoxy) is 1. The third kappa shape index (κ3) is 6.77. The van der Waals surface area contributed by atoms with Crippen LogP contribution in [0.25, 0.3) is 0 Å². The van der Waals surface area contributed by atoms with E-state index in [9.17, 15) is 28.1 Å². The molecule has 2 atom stereocenters. The molecular formula is C19H26N2O8S. The van der Waals surface area contributed by atoms with Crippen molar-refractivity contribution in [2.45, 2.75) is 51.7 Å². The lowest BCUT2D eigenvalue weighted by molar-refractivity contribution is -0.384. The fourth-order valence-electron chi connectivity index (χ4n) is 3.24. The van der Waals surface area contributed by atoms with Crippen LogP contribution in [0.4, 0.5) is 10.5 Å². The van der Waals surface area contributed by atoms with Gasteiger partial charge in [0.15, 0.2) is 0 Å². The Morgan fingerprint density at radius 2 is 1.87 bits per heavy atom. The van der Waals surface area contributed by atoms with E-state index in [1.165, 1.54) is 12.1 Å². The highest BCUT2D eigenvalue weighted by Gasteiger charge is 2.44. The third-order valence-electron chi connectivity index (χ3n) is 4.48. The molecule has 1 aliphatic rings. The maximum Gasteiger partial charge on any atom is 0.417 e. The molecule has 2 amide bonds. The average molecular weight is 442 g/mol. The Hall–Kier alpha value is -2.53. The van der Waals surface area contributed by atoms with E-state index in [1.807, 2.05) is 0 Å². The predicted octanol–water partition coefficient (Wildman–Crippen LogP) is 2.66. The number of carbonyl (C=O) groups excluding carboxylic acids is 2. The zero-order valence-electron chi connectivity index (χ0n) is 17.4. The number of nitrogens with zero attached hydrogens (tertiary/aromatic N) is 2. The van der Waals surface area contributed by atoms with Gasteiger partial charge in [-0.25, -0.2) is 9.69 Å². The van der Waals surface area contributed by atoms with Crippen LogP contribution in [0.3, 0.4) is 0 Å². The van der Waals surface area contributed by atoms with Gasteiger partial charge in [-0.15, -0.1) is 0 Å². The Morgan fingerprint density at radius 1 is 1.27 bits per heavy atom. The molecule has 1 fully saturated rings. The number of nitro groups is 1. The third-order valence-corrected chi connectivity index (χ3v) is 5.08. The molecule has 0 bridgehead atoms. The van der Waals surface area contributed by atoms with Crippen molar-refractivity contribution in [3.05, 3.63) is 39.9 Å². The van der Waals surface area contributed by atoms with E-state index in [-0.39, 0.29) is 18.7 Å². The van der Waals surface area contributed by atoms with Crippen molar-refractivity contribution in [2.75, 3.05) is 12.9 Å². The molecule has 0 radical (unpaired) electrons. The number of imide groups is 1. The van der Waals surface area contributed by atoms with Crippen LogP contribution in [0.5, 0.6) is 0 Å². The van der Waals surface area contributed by atoms with Crippen molar-refractivity contribution in [1.82, 2.24) is 4.90 Å². The van der Waals surface area contributed by atoms with Gasteiger partial charge in [-0.3, -0.25) is 19.1 Å². The second-order valence-corrected chi connectivity index (χ2v) is 9.86. The van der Waals surface area contributed by atoms with Gasteiger partial charge >= 0.3 is 6.09 Å². The summed E-state index contributed by atoms with van der Waals surface area (Å²) in [5.41, 5.74) is -0.131. The smallest absolute Gasteiger partial charge is 0.417 e. The second kappa shape index (κ2) is 9.09. The van der Waals surface area contributed by atoms with E-state index in [2.05, 4.69) is 0 Å². The Kier molecular flexibility index (Phi) is 7.19. The lowest BCUT2D eigenvalue weighted by Gasteiger charge is -2.27. The van der Waals surface area contributed by atoms with Crippen LogP contribution in [-0.2, 0) is 30.3 Å². The Bertz CT molecular complexity index is 905. The molecule has 0 aromatic heterocycles. The van der Waals surface area contributed by atoms with Crippen LogP contribution >= 0.6 is 0 Å². The fraction of sp³-hybridized carbons (Fsp3) is 0.579. The topological polar surface area (TPSA) is 133 Å². The molecule has 0 aliphatic carbocycles. The van der Waals surface area contributed by atoms with Crippen LogP contribution in [-0.4, -0.2) is 54.7 Å². The van der Waals surface area contributed by atoms with E-state index in [0.29, 0.717) is 12.8 Å². The van der Waals surface area contributed by atoms with Gasteiger partial charge in [0.25, 0.3) is 15.8 Å². The summed E-state index contributed by atoms with van der Waals surface area (Å²) in [6.45, 7) is 4.90. The fourth-order valence-corrected chi connectivity index (χ4v) is 3.64. The maximum atomic E-state index is 12.9. The van der Waals surface area contributed by atoms with E-state index in [4.69, 9.17) is 8.92 Å². The highest BCUT2D eigenvalue weighted by Crippen LogP contribution is 2.31. The zero-order valence-corrected chi connectivity index (χ0v) is 18.2. The first kappa shape index (κ1) is 23.7. The number of rotatable bonds is 7. The Labute approximate surface area is 175 Å². The number of hydrogen-bond acceptors (Lipinski definition) is 8. The normalized spacial score (nSPS) is 19.7. The first-order valence-electron chi connectivity index (χ1n) is 9.40. The van der Waals surface area contributed by atoms with Crippen LogP contribution in [0, 0.1) is 16.0 Å². The molecule has 0 N–H and O–H groups in total. The minimum absolute atomic E-state index is 0.0546. The summed E-state index contributed by atoms with van der Waals surface area (Å²) in [6.07, 6.45) is 0.899. The van der Waals surface area contributed by atoms with Crippen molar-refractivity contribution in [2.24, 2.45) is 5.92 Å². The van der Waals surface area contributed by atoms with Crippen LogP contribution in [0.15, 0.2) is 24.3 Å². The van der Waals surface area contributed by atoms with Gasteiger partial charge in [-0.2, -0.15) is 8.42 Å². The summed E-state index contributed by atoms with van der Waals surface area (Å²) < 4.78 is 32.4. The lowest BCUT2D eigenvalue weighted by atomic mass is 9.97. The molecule has 1 heterocycles. The lowest BCUT2D eigenvalue weighted by Crippen LogP contribution is -2.43. The van der Waals surface area contributed by atoms with Crippen molar-refractivity contribution in [3.63, 3.8) is 0 Å². The van der Waals surface area contributed by atoms with E-state index in [0.717, 1.165) is 16.7 Å². The van der Waals surface area contributed by atoms with Gasteiger partial charge in [-0.05, 0) is 45.6 Å². The van der Waals surface area contributed by atoms with Crippen LogP contribution in [0.2, 0.25) is 0 Å². The SMILES string of the molecule is CC(C)(C)OC(=O)N1C(=O)C(CCOS(C)(=O)=O)CC1Cc1ccc([N+](=O)[O-])cc1. The first-order chi connectivity index (χ1) is 13.8. The summed E-state index contributed by atoms with van der Waals surface area (Å²) in [7, 11) is -3.63. The first-order valence-corrected chi connectivity index (χ1v) is 11.2. The monoisotopic (exact) mass is 442 g/mol. The van der Waals surface area contributed by atoms with Crippen LogP contribution in [0.1, 0.15) is 39.2 Å². The quantitative estimate of drug-likeness (QED) is 0.357. The molecule has 1 aromatic rings. The predicted molar refractivity (Wildman–Crippen MR) is 107 cm³/mol. The molecule has 2 unspecified atom stereocenters. The van der Waals surface area contributed by atoms with E-state index in [1.54, 1.807) is 32.9 Å². The Morgan fingerprint density at radius 3 is 2.37 bits per heavy atom. The molecule has 0 spiro atoms. The standard InChI is InChI=1S/C19H26N2O8S/c1-19(2,3)29-18(23)20-16(11-13-5-7-15(8-6-13)21(24)25)12-14(17(20)22)9-10-28-30(4,26)27/h5-8,14,16H,9-12H2,1-4H3. The number of hydrogen-bond donors (Lipinski definition) is 0. The van der Waals surface area contributed by atoms with E-state index < -0.39 is 44.6 Å². The zero-order chi connectivity index (χ0) is 22.7. The van der Waals surface area contributed by atoms with Gasteiger partial charge < -0.3 is 4.74 Å². The van der Waals surface area contributed by atoms with Gasteiger partial charge in [0.05, 0.1) is 17.8 Å². The Balaban J connectivity index is 2.18. The maximum absolute atomic E-state index is 12.9. The summed E-state index contributed by atoms with van der Waals surface area (Å²) in [5.74, 6) is -1.05. The van der Waals surface area contributed by atoms with Crippen molar-refractivity contribution < 1.29 is 31.9 Å². The molecular weight excluding hydrogens is 416 g/mol. The van der Waals surface area contributed by atoms with Crippen molar-refractivity contribution >= 4 is 27.8 Å². The number of non-ortho nitro benzene ring substituents is 1. The van der Waals surface area contributed by atoms with Crippen LogP contribution < -0.4 is 0 Å². The van der Waals surface area contributed by atoms with Crippen molar-refractivity contribution in [3.8, 4) is 0 Å². The summed E-state index contributed by atoms with van der Waals surface area (Å²) in [5, 5.41) is 10.8. The molecule has 1 aliphatic heterocycles. The molecule has 166 valence electrons. The van der Waals surface area contributed by atoms with Gasteiger partial charge in [-0.1, -0.05) is 12.1 Å². The van der Waals surface area contributed by atoms with E-state index >= 15 is 0 Å². The number of benzene rings is 1. The number of nitro benzene ring substituents is 1. The molecule has 10 nitrogen and oxygen atoms in total. The molecule has 30 heavy (non-hydrogen) atoms. The minimum atomic E-state index is -3.63. The number of amides is 2. The number of likely N-dealkylation sites (tertiary alicyclic amines) is 1. The summed E-state index contributed by atoms with van der Waals surface area (Å²) >= 11 is 0. The largest absolute Gasteiger partial charge is 0.443 e. The molecule has 1 aromatic carbocycles. The number of carbonyl (C=O) groups is 2. The highest BCUT2D eigenvalue weighted by atomic mass is 32.2. The van der Waals surface area contributed by atoms with Crippen molar-refractivity contribution in [1.29, 1.82) is 0 Å². The summed E-state index contributed by atoms with van der Waals surface area (Å²) in [4.78, 5) is 36.9. The molecule has 0 saturated carbocycles. The summed E-state index contributed by atoms with van der Waals surface area (Å²) in [6, 6.07) is 5.37. The minimum Gasteiger partial charge on any atom is -0.443 e. The molecule has 1 saturated heterocycles. The molecule has 2 rings (SSSR count). The highest BCUT2D eigenvalue weighted by molar-refractivity contribution is 7.85. The van der Waals surface area contributed by atoms with Gasteiger partial charge in [0.1, 0.15) is 5.60 Å². The molecule has 11 heteroatoms.